The number of amides is 1. The maximum Gasteiger partial charge on any atom is 0.573 e. The SMILES string of the molecule is CCOC(=O)c1c(-c2cnn(C3CCC3)c2)ccc(NC(=O)C2(c3ccc(OC(F)(F)F)cc3F)CC2)c1F. The van der Waals surface area contributed by atoms with Gasteiger partial charge in [0, 0.05) is 29.0 Å². The van der Waals surface area contributed by atoms with Gasteiger partial charge >= 0.3 is 12.3 Å². The highest BCUT2D eigenvalue weighted by molar-refractivity contribution is 6.04. The molecular formula is C27H24F5N3O4. The molecule has 2 saturated carbocycles. The van der Waals surface area contributed by atoms with Crippen molar-refractivity contribution < 1.29 is 41.0 Å². The standard InChI is InChI=1S/C27H24F5N3O4/c1-2-38-24(36)22-18(15-13-33-35(14-15)16-4-3-5-16)7-9-21(23(22)29)34-25(37)26(10-11-26)19-8-6-17(12-20(19)28)39-27(30,31)32/h6-9,12-14,16H,2-5,10-11H2,1H3,(H,34,37). The lowest BCUT2D eigenvalue weighted by atomic mass is 9.93. The van der Waals surface area contributed by atoms with Crippen LogP contribution >= 0.6 is 0 Å². The Morgan fingerprint density at radius 3 is 2.49 bits per heavy atom. The van der Waals surface area contributed by atoms with E-state index in [4.69, 9.17) is 4.74 Å². The average molecular weight is 549 g/mol. The van der Waals surface area contributed by atoms with Crippen molar-refractivity contribution in [2.75, 3.05) is 11.9 Å². The van der Waals surface area contributed by atoms with Crippen LogP contribution < -0.4 is 10.1 Å². The first-order valence-corrected chi connectivity index (χ1v) is 12.4. The number of alkyl halides is 3. The van der Waals surface area contributed by atoms with Gasteiger partial charge in [0.1, 0.15) is 17.1 Å². The van der Waals surface area contributed by atoms with Crippen molar-refractivity contribution in [1.82, 2.24) is 9.78 Å². The van der Waals surface area contributed by atoms with Crippen LogP contribution in [-0.4, -0.2) is 34.6 Å². The fourth-order valence-electron chi connectivity index (χ4n) is 4.71. The van der Waals surface area contributed by atoms with Crippen LogP contribution in [-0.2, 0) is 14.9 Å². The smallest absolute Gasteiger partial charge is 0.462 e. The summed E-state index contributed by atoms with van der Waals surface area (Å²) in [6.45, 7) is 1.57. The predicted octanol–water partition coefficient (Wildman–Crippen LogP) is 6.30. The molecule has 1 heterocycles. The van der Waals surface area contributed by atoms with Crippen molar-refractivity contribution in [3.05, 3.63) is 65.5 Å². The van der Waals surface area contributed by atoms with E-state index in [0.717, 1.165) is 31.4 Å². The monoisotopic (exact) mass is 549 g/mol. The van der Waals surface area contributed by atoms with E-state index in [1.165, 1.54) is 18.3 Å². The number of nitrogens with zero attached hydrogens (tertiary/aromatic N) is 2. The zero-order chi connectivity index (χ0) is 27.9. The molecule has 206 valence electrons. The molecule has 1 amide bonds. The summed E-state index contributed by atoms with van der Waals surface area (Å²) < 4.78 is 78.5. The van der Waals surface area contributed by atoms with Gasteiger partial charge in [-0.1, -0.05) is 12.1 Å². The third-order valence-corrected chi connectivity index (χ3v) is 7.11. The molecule has 0 spiro atoms. The lowest BCUT2D eigenvalue weighted by molar-refractivity contribution is -0.274. The van der Waals surface area contributed by atoms with Gasteiger partial charge in [-0.25, -0.2) is 13.6 Å². The molecule has 2 aliphatic carbocycles. The molecule has 0 radical (unpaired) electrons. The Balaban J connectivity index is 1.43. The van der Waals surface area contributed by atoms with E-state index >= 15 is 4.39 Å². The molecule has 2 fully saturated rings. The first-order valence-electron chi connectivity index (χ1n) is 12.4. The van der Waals surface area contributed by atoms with Crippen molar-refractivity contribution in [2.24, 2.45) is 0 Å². The third-order valence-electron chi connectivity index (χ3n) is 7.11. The van der Waals surface area contributed by atoms with Gasteiger partial charge in [0.25, 0.3) is 0 Å². The van der Waals surface area contributed by atoms with E-state index in [1.54, 1.807) is 17.8 Å². The van der Waals surface area contributed by atoms with Gasteiger partial charge in [0.2, 0.25) is 5.91 Å². The van der Waals surface area contributed by atoms with Crippen molar-refractivity contribution >= 4 is 17.6 Å². The summed E-state index contributed by atoms with van der Waals surface area (Å²) in [5, 5.41) is 6.76. The lowest BCUT2D eigenvalue weighted by Crippen LogP contribution is -2.29. The van der Waals surface area contributed by atoms with Gasteiger partial charge < -0.3 is 14.8 Å². The Morgan fingerprint density at radius 1 is 1.15 bits per heavy atom. The second kappa shape index (κ2) is 9.97. The Morgan fingerprint density at radius 2 is 1.90 bits per heavy atom. The topological polar surface area (TPSA) is 82.5 Å². The second-order valence-corrected chi connectivity index (χ2v) is 9.59. The van der Waals surface area contributed by atoms with Crippen LogP contribution in [0.1, 0.15) is 61.0 Å². The minimum atomic E-state index is -5.00. The summed E-state index contributed by atoms with van der Waals surface area (Å²) in [6, 6.07) is 5.52. The van der Waals surface area contributed by atoms with E-state index in [1.807, 2.05) is 0 Å². The van der Waals surface area contributed by atoms with Gasteiger partial charge in [0.15, 0.2) is 5.82 Å². The molecule has 0 atom stereocenters. The molecule has 12 heteroatoms. The van der Waals surface area contributed by atoms with Crippen molar-refractivity contribution in [2.45, 2.75) is 56.8 Å². The molecule has 0 aliphatic heterocycles. The number of carbonyl (C=O) groups excluding carboxylic acids is 2. The minimum Gasteiger partial charge on any atom is -0.462 e. The molecule has 2 aromatic carbocycles. The number of aromatic nitrogens is 2. The largest absolute Gasteiger partial charge is 0.573 e. The van der Waals surface area contributed by atoms with Crippen LogP contribution in [0.2, 0.25) is 0 Å². The van der Waals surface area contributed by atoms with Crippen LogP contribution in [0.25, 0.3) is 11.1 Å². The number of ether oxygens (including phenoxy) is 2. The molecule has 3 aromatic rings. The van der Waals surface area contributed by atoms with Crippen molar-refractivity contribution in [3.8, 4) is 16.9 Å². The fourth-order valence-corrected chi connectivity index (χ4v) is 4.71. The summed E-state index contributed by atoms with van der Waals surface area (Å²) in [5.74, 6) is -4.53. The highest BCUT2D eigenvalue weighted by atomic mass is 19.4. The van der Waals surface area contributed by atoms with Gasteiger partial charge in [-0.3, -0.25) is 9.48 Å². The molecule has 1 aromatic heterocycles. The first-order chi connectivity index (χ1) is 18.5. The van der Waals surface area contributed by atoms with Crippen LogP contribution in [0.4, 0.5) is 27.6 Å². The summed E-state index contributed by atoms with van der Waals surface area (Å²) in [7, 11) is 0. The molecule has 5 rings (SSSR count). The average Bonchev–Trinajstić information content (AvgIpc) is 3.49. The minimum absolute atomic E-state index is 0.00786. The number of nitrogens with one attached hydrogen (secondary N) is 1. The van der Waals surface area contributed by atoms with E-state index in [2.05, 4.69) is 15.2 Å². The number of carbonyl (C=O) groups is 2. The highest BCUT2D eigenvalue weighted by Crippen LogP contribution is 2.50. The summed E-state index contributed by atoms with van der Waals surface area (Å²) in [4.78, 5) is 26.0. The first kappa shape index (κ1) is 26.6. The summed E-state index contributed by atoms with van der Waals surface area (Å²) in [6.07, 6.45) is 1.69. The highest BCUT2D eigenvalue weighted by Gasteiger charge is 2.53. The molecular weight excluding hydrogens is 525 g/mol. The maximum absolute atomic E-state index is 15.8. The molecule has 0 bridgehead atoms. The summed E-state index contributed by atoms with van der Waals surface area (Å²) in [5.41, 5.74) is -1.50. The fraction of sp³-hybridized carbons (Fsp3) is 0.370. The Kier molecular flexibility index (Phi) is 6.81. The Bertz CT molecular complexity index is 1430. The lowest BCUT2D eigenvalue weighted by Gasteiger charge is -2.25. The number of esters is 1. The van der Waals surface area contributed by atoms with Crippen LogP contribution in [0.3, 0.4) is 0 Å². The van der Waals surface area contributed by atoms with E-state index in [0.29, 0.717) is 11.6 Å². The van der Waals surface area contributed by atoms with E-state index < -0.39 is 41.0 Å². The van der Waals surface area contributed by atoms with Crippen LogP contribution in [0.15, 0.2) is 42.7 Å². The van der Waals surface area contributed by atoms with Crippen molar-refractivity contribution in [3.63, 3.8) is 0 Å². The molecule has 0 unspecified atom stereocenters. The van der Waals surface area contributed by atoms with E-state index in [-0.39, 0.29) is 47.9 Å². The van der Waals surface area contributed by atoms with Gasteiger partial charge in [-0.2, -0.15) is 5.10 Å². The van der Waals surface area contributed by atoms with Gasteiger partial charge in [-0.15, -0.1) is 13.2 Å². The number of hydrogen-bond donors (Lipinski definition) is 1. The number of benzene rings is 2. The zero-order valence-corrected chi connectivity index (χ0v) is 20.8. The normalized spacial score (nSPS) is 16.4. The predicted molar refractivity (Wildman–Crippen MR) is 129 cm³/mol. The molecule has 7 nitrogen and oxygen atoms in total. The molecule has 39 heavy (non-hydrogen) atoms. The zero-order valence-electron chi connectivity index (χ0n) is 20.8. The van der Waals surface area contributed by atoms with Gasteiger partial charge in [0.05, 0.1) is 29.9 Å². The molecule has 0 saturated heterocycles. The molecule has 1 N–H and O–H groups in total. The van der Waals surface area contributed by atoms with Crippen molar-refractivity contribution in [1.29, 1.82) is 0 Å². The number of hydrogen-bond acceptors (Lipinski definition) is 5. The second-order valence-electron chi connectivity index (χ2n) is 9.59. The number of rotatable bonds is 8. The number of anilines is 1. The maximum atomic E-state index is 15.8. The summed E-state index contributed by atoms with van der Waals surface area (Å²) >= 11 is 0. The quantitative estimate of drug-likeness (QED) is 0.264. The number of halogens is 5. The molecule has 2 aliphatic rings. The van der Waals surface area contributed by atoms with Crippen LogP contribution in [0.5, 0.6) is 5.75 Å². The Labute approximate surface area is 219 Å². The Hall–Kier alpha value is -3.96. The third kappa shape index (κ3) is 5.19. The van der Waals surface area contributed by atoms with Gasteiger partial charge in [-0.05, 0) is 51.2 Å². The van der Waals surface area contributed by atoms with E-state index in [9.17, 15) is 27.2 Å². The van der Waals surface area contributed by atoms with Crippen LogP contribution in [0, 0.1) is 11.6 Å².